The third-order valence-electron chi connectivity index (χ3n) is 4.36. The number of carbonyl (C=O) groups is 3. The van der Waals surface area contributed by atoms with Crippen molar-refractivity contribution in [1.29, 1.82) is 0 Å². The number of amides is 2. The second kappa shape index (κ2) is 7.66. The zero-order chi connectivity index (χ0) is 19.7. The fourth-order valence-electron chi connectivity index (χ4n) is 2.88. The molecule has 2 amide bonds. The molecule has 3 rings (SSSR count). The monoisotopic (exact) mass is 408 g/mol. The highest BCUT2D eigenvalue weighted by Crippen LogP contribution is 2.30. The van der Waals surface area contributed by atoms with E-state index in [1.807, 2.05) is 0 Å². The van der Waals surface area contributed by atoms with E-state index < -0.39 is 29.3 Å². The quantitative estimate of drug-likeness (QED) is 0.575. The summed E-state index contributed by atoms with van der Waals surface area (Å²) >= 11 is 12.0. The Balaban J connectivity index is 1.97. The molecule has 0 radical (unpaired) electrons. The molecule has 27 heavy (non-hydrogen) atoms. The lowest BCUT2D eigenvalue weighted by atomic mass is 10.0. The Hall–Kier alpha value is -2.44. The standard InChI is InChI=1S/C19H15Cl2FN2O3/c1-23-10-14(17(25)19(23)27)18(26)24(9-11-2-4-12(22)5-3-11)13-6-7-15(20)16(21)8-13/h2-8,14H,9-10H2,1H3. The summed E-state index contributed by atoms with van der Waals surface area (Å²) in [6.07, 6.45) is 0. The lowest BCUT2D eigenvalue weighted by molar-refractivity contribution is -0.141. The average molecular weight is 409 g/mol. The summed E-state index contributed by atoms with van der Waals surface area (Å²) in [4.78, 5) is 39.6. The first-order chi connectivity index (χ1) is 12.8. The number of rotatable bonds is 4. The van der Waals surface area contributed by atoms with Crippen molar-refractivity contribution in [3.63, 3.8) is 0 Å². The average Bonchev–Trinajstić information content (AvgIpc) is 2.90. The van der Waals surface area contributed by atoms with Gasteiger partial charge in [0.05, 0.1) is 16.6 Å². The van der Waals surface area contributed by atoms with Crippen molar-refractivity contribution in [3.8, 4) is 0 Å². The van der Waals surface area contributed by atoms with Crippen LogP contribution in [0.3, 0.4) is 0 Å². The maximum Gasteiger partial charge on any atom is 0.290 e. The molecule has 0 aliphatic carbocycles. The van der Waals surface area contributed by atoms with Gasteiger partial charge in [-0.3, -0.25) is 14.4 Å². The second-order valence-corrected chi connectivity index (χ2v) is 7.07. The van der Waals surface area contributed by atoms with Gasteiger partial charge >= 0.3 is 0 Å². The van der Waals surface area contributed by atoms with E-state index in [0.717, 1.165) is 0 Å². The summed E-state index contributed by atoms with van der Waals surface area (Å²) in [6.45, 7) is 0.0937. The number of likely N-dealkylation sites (N-methyl/N-ethyl adjacent to an activating group) is 1. The molecule has 0 saturated carbocycles. The second-order valence-electron chi connectivity index (χ2n) is 6.25. The van der Waals surface area contributed by atoms with Gasteiger partial charge in [-0.15, -0.1) is 0 Å². The Labute approximate surface area is 165 Å². The van der Waals surface area contributed by atoms with Crippen LogP contribution in [-0.4, -0.2) is 36.1 Å². The number of ketones is 1. The van der Waals surface area contributed by atoms with Crippen LogP contribution < -0.4 is 4.90 Å². The first kappa shape index (κ1) is 19.3. The maximum absolute atomic E-state index is 13.2. The SMILES string of the molecule is CN1CC(C(=O)N(Cc2ccc(F)cc2)c2ccc(Cl)c(Cl)c2)C(=O)C1=O. The summed E-state index contributed by atoms with van der Waals surface area (Å²) < 4.78 is 13.2. The Kier molecular flexibility index (Phi) is 5.48. The molecule has 0 N–H and O–H groups in total. The van der Waals surface area contributed by atoms with Crippen LogP contribution in [-0.2, 0) is 20.9 Å². The summed E-state index contributed by atoms with van der Waals surface area (Å²) in [7, 11) is 1.47. The molecule has 0 bridgehead atoms. The van der Waals surface area contributed by atoms with Crippen LogP contribution in [0.25, 0.3) is 0 Å². The van der Waals surface area contributed by atoms with Crippen molar-refractivity contribution in [2.24, 2.45) is 5.92 Å². The van der Waals surface area contributed by atoms with Crippen molar-refractivity contribution in [3.05, 3.63) is 63.9 Å². The molecule has 140 valence electrons. The normalized spacial score (nSPS) is 16.7. The van der Waals surface area contributed by atoms with Gasteiger partial charge in [0.1, 0.15) is 11.7 Å². The van der Waals surface area contributed by atoms with Crippen LogP contribution in [0.5, 0.6) is 0 Å². The molecule has 0 spiro atoms. The Morgan fingerprint density at radius 3 is 2.37 bits per heavy atom. The summed E-state index contributed by atoms with van der Waals surface area (Å²) in [6, 6.07) is 10.3. The molecule has 1 heterocycles. The minimum Gasteiger partial charge on any atom is -0.338 e. The van der Waals surface area contributed by atoms with Crippen LogP contribution >= 0.6 is 23.2 Å². The van der Waals surface area contributed by atoms with Gasteiger partial charge in [-0.1, -0.05) is 35.3 Å². The van der Waals surface area contributed by atoms with E-state index in [1.54, 1.807) is 18.2 Å². The zero-order valence-corrected chi connectivity index (χ0v) is 15.8. The molecular formula is C19H15Cl2FN2O3. The van der Waals surface area contributed by atoms with E-state index in [1.165, 1.54) is 41.1 Å². The third kappa shape index (κ3) is 3.96. The number of nitrogens with zero attached hydrogens (tertiary/aromatic N) is 2. The van der Waals surface area contributed by atoms with E-state index in [0.29, 0.717) is 16.3 Å². The molecule has 1 atom stereocenters. The highest BCUT2D eigenvalue weighted by atomic mass is 35.5. The Morgan fingerprint density at radius 1 is 1.15 bits per heavy atom. The smallest absolute Gasteiger partial charge is 0.290 e. The van der Waals surface area contributed by atoms with Crippen LogP contribution in [0.1, 0.15) is 5.56 Å². The highest BCUT2D eigenvalue weighted by Gasteiger charge is 2.43. The van der Waals surface area contributed by atoms with Crippen molar-refractivity contribution < 1.29 is 18.8 Å². The summed E-state index contributed by atoms with van der Waals surface area (Å²) in [5, 5.41) is 0.568. The lowest BCUT2D eigenvalue weighted by Gasteiger charge is -2.25. The molecule has 2 aromatic carbocycles. The number of Topliss-reactive ketones (excluding diaryl/α,β-unsaturated/α-hetero) is 1. The topological polar surface area (TPSA) is 57.7 Å². The molecule has 1 unspecified atom stereocenters. The number of carbonyl (C=O) groups excluding carboxylic acids is 3. The van der Waals surface area contributed by atoms with Crippen molar-refractivity contribution in [2.45, 2.75) is 6.54 Å². The molecule has 1 aliphatic heterocycles. The lowest BCUT2D eigenvalue weighted by Crippen LogP contribution is -2.39. The first-order valence-corrected chi connectivity index (χ1v) is 8.83. The van der Waals surface area contributed by atoms with E-state index >= 15 is 0 Å². The predicted octanol–water partition coefficient (Wildman–Crippen LogP) is 3.32. The zero-order valence-electron chi connectivity index (χ0n) is 14.3. The van der Waals surface area contributed by atoms with Gasteiger partial charge < -0.3 is 9.80 Å². The van der Waals surface area contributed by atoms with Crippen LogP contribution in [0, 0.1) is 11.7 Å². The molecule has 5 nitrogen and oxygen atoms in total. The van der Waals surface area contributed by atoms with Gasteiger partial charge in [-0.05, 0) is 35.9 Å². The van der Waals surface area contributed by atoms with Crippen molar-refractivity contribution in [1.82, 2.24) is 4.90 Å². The van der Waals surface area contributed by atoms with E-state index in [4.69, 9.17) is 23.2 Å². The molecule has 1 saturated heterocycles. The van der Waals surface area contributed by atoms with Crippen LogP contribution in [0.4, 0.5) is 10.1 Å². The van der Waals surface area contributed by atoms with Crippen LogP contribution in [0.2, 0.25) is 10.0 Å². The predicted molar refractivity (Wildman–Crippen MR) is 100 cm³/mol. The van der Waals surface area contributed by atoms with E-state index in [2.05, 4.69) is 0 Å². The molecule has 0 aromatic heterocycles. The van der Waals surface area contributed by atoms with Crippen molar-refractivity contribution in [2.75, 3.05) is 18.5 Å². The minimum absolute atomic E-state index is 0.0116. The number of anilines is 1. The van der Waals surface area contributed by atoms with Gasteiger partial charge in [-0.2, -0.15) is 0 Å². The fourth-order valence-corrected chi connectivity index (χ4v) is 3.17. The van der Waals surface area contributed by atoms with Crippen molar-refractivity contribution >= 4 is 46.5 Å². The van der Waals surface area contributed by atoms with Gasteiger partial charge in [0, 0.05) is 19.3 Å². The Bertz CT molecular complexity index is 918. The molecule has 2 aromatic rings. The van der Waals surface area contributed by atoms with Gasteiger partial charge in [0.25, 0.3) is 5.91 Å². The first-order valence-electron chi connectivity index (χ1n) is 8.08. The van der Waals surface area contributed by atoms with Gasteiger partial charge in [-0.25, -0.2) is 4.39 Å². The third-order valence-corrected chi connectivity index (χ3v) is 5.10. The number of halogens is 3. The number of benzene rings is 2. The summed E-state index contributed by atoms with van der Waals surface area (Å²) in [5.41, 5.74) is 1.08. The van der Waals surface area contributed by atoms with Gasteiger partial charge in [0.2, 0.25) is 11.7 Å². The van der Waals surface area contributed by atoms with E-state index in [-0.39, 0.29) is 18.1 Å². The highest BCUT2D eigenvalue weighted by molar-refractivity contribution is 6.43. The summed E-state index contributed by atoms with van der Waals surface area (Å²) in [5.74, 6) is -3.46. The number of likely N-dealkylation sites (tertiary alicyclic amines) is 1. The number of hydrogen-bond donors (Lipinski definition) is 0. The van der Waals surface area contributed by atoms with Gasteiger partial charge in [0.15, 0.2) is 0 Å². The molecular weight excluding hydrogens is 394 g/mol. The Morgan fingerprint density at radius 2 is 1.81 bits per heavy atom. The molecule has 1 fully saturated rings. The molecule has 8 heteroatoms. The van der Waals surface area contributed by atoms with E-state index in [9.17, 15) is 18.8 Å². The maximum atomic E-state index is 13.2. The molecule has 1 aliphatic rings. The van der Waals surface area contributed by atoms with Crippen LogP contribution in [0.15, 0.2) is 42.5 Å². The number of hydrogen-bond acceptors (Lipinski definition) is 3. The fraction of sp³-hybridized carbons (Fsp3) is 0.211. The largest absolute Gasteiger partial charge is 0.338 e. The minimum atomic E-state index is -1.10.